The second kappa shape index (κ2) is 3.46. The lowest BCUT2D eigenvalue weighted by Gasteiger charge is -2.37. The molecular weight excluding hydrogens is 185 g/mol. The molecule has 0 aliphatic heterocycles. The minimum Gasteiger partial charge on any atom is -0.381 e. The van der Waals surface area contributed by atoms with Gasteiger partial charge >= 0.3 is 6.18 Å². The van der Waals surface area contributed by atoms with Crippen LogP contribution in [-0.2, 0) is 4.74 Å². The molecule has 0 amide bonds. The van der Waals surface area contributed by atoms with Gasteiger partial charge in [-0.25, -0.2) is 0 Å². The van der Waals surface area contributed by atoms with Gasteiger partial charge in [-0.2, -0.15) is 13.2 Å². The summed E-state index contributed by atoms with van der Waals surface area (Å²) >= 11 is 0. The molecule has 0 bridgehead atoms. The maximum absolute atomic E-state index is 12.3. The van der Waals surface area contributed by atoms with E-state index in [0.717, 1.165) is 0 Å². The van der Waals surface area contributed by atoms with Crippen LogP contribution in [-0.4, -0.2) is 30.1 Å². The van der Waals surface area contributed by atoms with Crippen molar-refractivity contribution in [3.63, 3.8) is 0 Å². The van der Waals surface area contributed by atoms with Crippen molar-refractivity contribution in [3.05, 3.63) is 0 Å². The van der Waals surface area contributed by atoms with Crippen molar-refractivity contribution in [2.45, 2.75) is 43.6 Å². The molecule has 78 valence electrons. The fraction of sp³-hybridized carbons (Fsp3) is 1.00. The third kappa shape index (κ3) is 2.14. The zero-order chi connectivity index (χ0) is 10.1. The van der Waals surface area contributed by atoms with Crippen LogP contribution in [0.2, 0.25) is 0 Å². The van der Waals surface area contributed by atoms with E-state index in [0.29, 0.717) is 12.8 Å². The van der Waals surface area contributed by atoms with Crippen LogP contribution in [0.5, 0.6) is 0 Å². The van der Waals surface area contributed by atoms with Gasteiger partial charge in [0.25, 0.3) is 0 Å². The third-order valence-electron chi connectivity index (χ3n) is 2.54. The Morgan fingerprint density at radius 2 is 2.08 bits per heavy atom. The summed E-state index contributed by atoms with van der Waals surface area (Å²) in [5.41, 5.74) is -2.54. The van der Waals surface area contributed by atoms with Gasteiger partial charge in [-0.1, -0.05) is 0 Å². The van der Waals surface area contributed by atoms with Crippen molar-refractivity contribution in [1.82, 2.24) is 0 Å². The van der Waals surface area contributed by atoms with E-state index in [1.807, 2.05) is 0 Å². The topological polar surface area (TPSA) is 29.5 Å². The molecule has 13 heavy (non-hydrogen) atoms. The van der Waals surface area contributed by atoms with Gasteiger partial charge in [-0.15, -0.1) is 0 Å². The molecule has 0 spiro atoms. The molecule has 0 aromatic carbocycles. The first kappa shape index (κ1) is 10.8. The quantitative estimate of drug-likeness (QED) is 0.697. The minimum absolute atomic E-state index is 0.212. The number of hydrogen-bond donors (Lipinski definition) is 1. The fourth-order valence-corrected chi connectivity index (χ4v) is 1.66. The van der Waals surface area contributed by atoms with Crippen LogP contribution in [0.1, 0.15) is 25.7 Å². The molecule has 1 saturated carbocycles. The second-order valence-electron chi connectivity index (χ2n) is 3.48. The van der Waals surface area contributed by atoms with Crippen LogP contribution < -0.4 is 0 Å². The summed E-state index contributed by atoms with van der Waals surface area (Å²) in [6.45, 7) is 0. The highest BCUT2D eigenvalue weighted by molar-refractivity contribution is 4.92. The van der Waals surface area contributed by atoms with Crippen molar-refractivity contribution in [2.75, 3.05) is 7.11 Å². The van der Waals surface area contributed by atoms with Gasteiger partial charge in [0, 0.05) is 13.5 Å². The largest absolute Gasteiger partial charge is 0.417 e. The molecule has 1 fully saturated rings. The molecule has 0 aromatic heterocycles. The number of methoxy groups -OCH3 is 1. The van der Waals surface area contributed by atoms with Gasteiger partial charge in [0.1, 0.15) is 0 Å². The van der Waals surface area contributed by atoms with Crippen molar-refractivity contribution < 1.29 is 23.0 Å². The van der Waals surface area contributed by atoms with Crippen molar-refractivity contribution in [2.24, 2.45) is 0 Å². The lowest BCUT2D eigenvalue weighted by atomic mass is 9.82. The smallest absolute Gasteiger partial charge is 0.381 e. The first-order valence-electron chi connectivity index (χ1n) is 4.21. The zero-order valence-corrected chi connectivity index (χ0v) is 7.40. The van der Waals surface area contributed by atoms with Gasteiger partial charge in [0.05, 0.1) is 6.10 Å². The highest BCUT2D eigenvalue weighted by atomic mass is 19.4. The lowest BCUT2D eigenvalue weighted by molar-refractivity contribution is -0.278. The molecule has 2 atom stereocenters. The Labute approximate surface area is 74.7 Å². The lowest BCUT2D eigenvalue weighted by Crippen LogP contribution is -2.50. The molecule has 0 aromatic rings. The Kier molecular flexibility index (Phi) is 2.87. The van der Waals surface area contributed by atoms with E-state index in [4.69, 9.17) is 4.74 Å². The summed E-state index contributed by atoms with van der Waals surface area (Å²) in [6, 6.07) is 0. The normalized spacial score (nSPS) is 36.2. The van der Waals surface area contributed by atoms with E-state index in [1.54, 1.807) is 0 Å². The molecular formula is C8H13F3O2. The first-order chi connectivity index (χ1) is 5.89. The minimum atomic E-state index is -4.54. The third-order valence-corrected chi connectivity index (χ3v) is 2.54. The van der Waals surface area contributed by atoms with E-state index < -0.39 is 17.9 Å². The number of rotatable bonds is 1. The van der Waals surface area contributed by atoms with Gasteiger partial charge < -0.3 is 9.84 Å². The van der Waals surface area contributed by atoms with Gasteiger partial charge in [0.2, 0.25) is 0 Å². The van der Waals surface area contributed by atoms with Crippen LogP contribution in [0.25, 0.3) is 0 Å². The zero-order valence-electron chi connectivity index (χ0n) is 7.40. The van der Waals surface area contributed by atoms with Gasteiger partial charge in [0.15, 0.2) is 5.60 Å². The second-order valence-corrected chi connectivity index (χ2v) is 3.48. The van der Waals surface area contributed by atoms with Crippen molar-refractivity contribution in [3.8, 4) is 0 Å². The summed E-state index contributed by atoms with van der Waals surface area (Å²) in [7, 11) is 1.37. The Balaban J connectivity index is 2.68. The molecule has 2 unspecified atom stereocenters. The highest BCUT2D eigenvalue weighted by Gasteiger charge is 2.55. The van der Waals surface area contributed by atoms with Crippen LogP contribution >= 0.6 is 0 Å². The van der Waals surface area contributed by atoms with E-state index in [2.05, 4.69) is 0 Å². The van der Waals surface area contributed by atoms with Crippen LogP contribution in [0.15, 0.2) is 0 Å². The van der Waals surface area contributed by atoms with Gasteiger partial charge in [-0.05, 0) is 19.3 Å². The summed E-state index contributed by atoms with van der Waals surface area (Å²) in [5, 5.41) is 9.30. The predicted molar refractivity (Wildman–Crippen MR) is 40.3 cm³/mol. The summed E-state index contributed by atoms with van der Waals surface area (Å²) < 4.78 is 41.8. The predicted octanol–water partition coefficient (Wildman–Crippen LogP) is 1.87. The maximum atomic E-state index is 12.3. The van der Waals surface area contributed by atoms with E-state index in [-0.39, 0.29) is 12.8 Å². The Bertz CT molecular complexity index is 181. The number of aliphatic hydroxyl groups is 1. The highest BCUT2D eigenvalue weighted by Crippen LogP contribution is 2.41. The Hall–Kier alpha value is -0.290. The molecule has 0 heterocycles. The van der Waals surface area contributed by atoms with E-state index in [1.165, 1.54) is 7.11 Å². The average molecular weight is 198 g/mol. The number of ether oxygens (including phenoxy) is 1. The molecule has 1 rings (SSSR count). The summed E-state index contributed by atoms with van der Waals surface area (Å²) in [6.07, 6.45) is -4.61. The molecule has 2 nitrogen and oxygen atoms in total. The first-order valence-corrected chi connectivity index (χ1v) is 4.21. The monoisotopic (exact) mass is 198 g/mol. The molecule has 5 heteroatoms. The van der Waals surface area contributed by atoms with E-state index >= 15 is 0 Å². The molecule has 1 aliphatic rings. The maximum Gasteiger partial charge on any atom is 0.417 e. The van der Waals surface area contributed by atoms with E-state index in [9.17, 15) is 18.3 Å². The Morgan fingerprint density at radius 3 is 2.54 bits per heavy atom. The van der Waals surface area contributed by atoms with Crippen LogP contribution in [0.4, 0.5) is 13.2 Å². The van der Waals surface area contributed by atoms with Crippen molar-refractivity contribution in [1.29, 1.82) is 0 Å². The van der Waals surface area contributed by atoms with Crippen LogP contribution in [0.3, 0.4) is 0 Å². The molecule has 1 aliphatic carbocycles. The summed E-state index contributed by atoms with van der Waals surface area (Å²) in [5.74, 6) is 0. The Morgan fingerprint density at radius 1 is 1.46 bits per heavy atom. The standard InChI is InChI=1S/C8H13F3O2/c1-13-6-3-2-4-7(12,5-6)8(9,10)11/h6,12H,2-5H2,1H3. The van der Waals surface area contributed by atoms with Gasteiger partial charge in [-0.3, -0.25) is 0 Å². The average Bonchev–Trinajstić information content (AvgIpc) is 2.02. The van der Waals surface area contributed by atoms with Crippen molar-refractivity contribution >= 4 is 0 Å². The number of hydrogen-bond acceptors (Lipinski definition) is 2. The number of halogens is 3. The summed E-state index contributed by atoms with van der Waals surface area (Å²) in [4.78, 5) is 0. The SMILES string of the molecule is COC1CCCC(O)(C(F)(F)F)C1. The molecule has 0 radical (unpaired) electrons. The van der Waals surface area contributed by atoms with Crippen LogP contribution in [0, 0.1) is 0 Å². The number of alkyl halides is 3. The molecule has 0 saturated heterocycles. The fourth-order valence-electron chi connectivity index (χ4n) is 1.66. The molecule has 1 N–H and O–H groups in total.